The van der Waals surface area contributed by atoms with Gasteiger partial charge in [-0.25, -0.2) is 0 Å². The first-order valence-electron chi connectivity index (χ1n) is 6.57. The number of methoxy groups -OCH3 is 1. The summed E-state index contributed by atoms with van der Waals surface area (Å²) in [6.45, 7) is 4.92. The molecule has 18 heavy (non-hydrogen) atoms. The lowest BCUT2D eigenvalue weighted by atomic mass is 10.1. The highest BCUT2D eigenvalue weighted by atomic mass is 16.5. The van der Waals surface area contributed by atoms with Gasteiger partial charge in [0.05, 0.1) is 13.5 Å². The summed E-state index contributed by atoms with van der Waals surface area (Å²) in [5.41, 5.74) is 2.09. The average Bonchev–Trinajstić information content (AvgIpc) is 2.35. The molecule has 0 bridgehead atoms. The van der Waals surface area contributed by atoms with Gasteiger partial charge in [0.15, 0.2) is 0 Å². The van der Waals surface area contributed by atoms with Gasteiger partial charge in [0.25, 0.3) is 0 Å². The topological polar surface area (TPSA) is 38.3 Å². The molecule has 0 aliphatic heterocycles. The fourth-order valence-electron chi connectivity index (χ4n) is 1.90. The number of amides is 1. The maximum atomic E-state index is 11.7. The molecule has 1 aromatic carbocycles. The summed E-state index contributed by atoms with van der Waals surface area (Å²) < 4.78 is 5.20. The first-order chi connectivity index (χ1) is 8.67. The molecule has 0 saturated carbocycles. The number of rotatable bonds is 7. The zero-order valence-electron chi connectivity index (χ0n) is 11.6. The van der Waals surface area contributed by atoms with Gasteiger partial charge < -0.3 is 10.1 Å². The van der Waals surface area contributed by atoms with Gasteiger partial charge in [-0.15, -0.1) is 0 Å². The first-order valence-corrected chi connectivity index (χ1v) is 6.57. The van der Waals surface area contributed by atoms with Crippen LogP contribution in [0.1, 0.15) is 37.3 Å². The molecule has 0 unspecified atom stereocenters. The average molecular weight is 249 g/mol. The van der Waals surface area contributed by atoms with Crippen LogP contribution in [-0.2, 0) is 11.2 Å². The largest absolute Gasteiger partial charge is 0.496 e. The van der Waals surface area contributed by atoms with Crippen LogP contribution in [0.2, 0.25) is 0 Å². The number of ether oxygens (including phenoxy) is 1. The maximum absolute atomic E-state index is 11.7. The molecule has 0 saturated heterocycles. The van der Waals surface area contributed by atoms with E-state index < -0.39 is 0 Å². The number of hydrogen-bond donors (Lipinski definition) is 1. The predicted molar refractivity (Wildman–Crippen MR) is 74.0 cm³/mol. The monoisotopic (exact) mass is 249 g/mol. The Kier molecular flexibility index (Phi) is 6.26. The lowest BCUT2D eigenvalue weighted by Crippen LogP contribution is -2.26. The van der Waals surface area contributed by atoms with Gasteiger partial charge in [-0.2, -0.15) is 0 Å². The van der Waals surface area contributed by atoms with Crippen molar-refractivity contribution in [1.82, 2.24) is 5.32 Å². The molecular formula is C15H23NO2. The fourth-order valence-corrected chi connectivity index (χ4v) is 1.90. The zero-order valence-corrected chi connectivity index (χ0v) is 11.6. The van der Waals surface area contributed by atoms with Crippen molar-refractivity contribution in [2.24, 2.45) is 0 Å². The van der Waals surface area contributed by atoms with E-state index in [9.17, 15) is 4.79 Å². The van der Waals surface area contributed by atoms with Gasteiger partial charge in [0.2, 0.25) is 5.91 Å². The molecule has 1 amide bonds. The van der Waals surface area contributed by atoms with E-state index in [1.165, 1.54) is 12.8 Å². The highest BCUT2D eigenvalue weighted by molar-refractivity contribution is 5.78. The third-order valence-electron chi connectivity index (χ3n) is 2.93. The van der Waals surface area contributed by atoms with Crippen molar-refractivity contribution in [2.45, 2.75) is 39.5 Å². The Hall–Kier alpha value is -1.51. The Labute approximate surface area is 110 Å². The summed E-state index contributed by atoms with van der Waals surface area (Å²) in [6.07, 6.45) is 3.84. The Morgan fingerprint density at radius 2 is 2.11 bits per heavy atom. The van der Waals surface area contributed by atoms with Gasteiger partial charge in [-0.1, -0.05) is 31.9 Å². The van der Waals surface area contributed by atoms with Crippen LogP contribution < -0.4 is 10.1 Å². The van der Waals surface area contributed by atoms with Crippen molar-refractivity contribution in [2.75, 3.05) is 13.7 Å². The van der Waals surface area contributed by atoms with Crippen molar-refractivity contribution < 1.29 is 9.53 Å². The molecule has 0 fully saturated rings. The number of unbranched alkanes of at least 4 members (excludes halogenated alkanes) is 2. The molecule has 1 N–H and O–H groups in total. The Morgan fingerprint density at radius 1 is 1.33 bits per heavy atom. The summed E-state index contributed by atoms with van der Waals surface area (Å²) in [6, 6.07) is 5.86. The highest BCUT2D eigenvalue weighted by Crippen LogP contribution is 2.18. The molecule has 100 valence electrons. The van der Waals surface area contributed by atoms with Gasteiger partial charge in [0.1, 0.15) is 5.75 Å². The molecule has 3 heteroatoms. The number of aryl methyl sites for hydroxylation is 1. The summed E-state index contributed by atoms with van der Waals surface area (Å²) in [5.74, 6) is 0.956. The molecule has 0 radical (unpaired) electrons. The van der Waals surface area contributed by atoms with Gasteiger partial charge >= 0.3 is 0 Å². The summed E-state index contributed by atoms with van der Waals surface area (Å²) >= 11 is 0. The van der Waals surface area contributed by atoms with Crippen molar-refractivity contribution in [3.05, 3.63) is 29.3 Å². The van der Waals surface area contributed by atoms with E-state index in [4.69, 9.17) is 4.74 Å². The van der Waals surface area contributed by atoms with E-state index in [-0.39, 0.29) is 5.91 Å². The third-order valence-corrected chi connectivity index (χ3v) is 2.93. The molecule has 0 atom stereocenters. The van der Waals surface area contributed by atoms with Crippen LogP contribution >= 0.6 is 0 Å². The van der Waals surface area contributed by atoms with Gasteiger partial charge in [-0.3, -0.25) is 4.79 Å². The van der Waals surface area contributed by atoms with E-state index >= 15 is 0 Å². The van der Waals surface area contributed by atoms with Crippen LogP contribution in [0, 0.1) is 6.92 Å². The highest BCUT2D eigenvalue weighted by Gasteiger charge is 2.05. The molecule has 0 spiro atoms. The second-order valence-corrected chi connectivity index (χ2v) is 4.54. The predicted octanol–water partition coefficient (Wildman–Crippen LogP) is 2.85. The lowest BCUT2D eigenvalue weighted by Gasteiger charge is -2.08. The summed E-state index contributed by atoms with van der Waals surface area (Å²) in [4.78, 5) is 11.7. The molecular weight excluding hydrogens is 226 g/mol. The van der Waals surface area contributed by atoms with Crippen LogP contribution in [0.3, 0.4) is 0 Å². The molecule has 0 aliphatic carbocycles. The summed E-state index contributed by atoms with van der Waals surface area (Å²) in [5, 5.41) is 2.94. The van der Waals surface area contributed by atoms with Crippen LogP contribution in [0.4, 0.5) is 0 Å². The normalized spacial score (nSPS) is 10.2. The lowest BCUT2D eigenvalue weighted by molar-refractivity contribution is -0.120. The van der Waals surface area contributed by atoms with E-state index in [1.807, 2.05) is 25.1 Å². The second-order valence-electron chi connectivity index (χ2n) is 4.54. The van der Waals surface area contributed by atoms with Gasteiger partial charge in [-0.05, 0) is 30.5 Å². The standard InChI is InChI=1S/C15H23NO2/c1-4-5-6-9-16-15(17)11-13-7-8-14(18-3)12(2)10-13/h7-8,10H,4-6,9,11H2,1-3H3,(H,16,17). The number of nitrogens with one attached hydrogen (secondary N) is 1. The van der Waals surface area contributed by atoms with E-state index in [0.29, 0.717) is 6.42 Å². The number of carbonyl (C=O) groups is 1. The van der Waals surface area contributed by atoms with Gasteiger partial charge in [0, 0.05) is 6.54 Å². The number of carbonyl (C=O) groups excluding carboxylic acids is 1. The molecule has 1 aromatic rings. The van der Waals surface area contributed by atoms with Crippen molar-refractivity contribution >= 4 is 5.91 Å². The molecule has 0 aliphatic rings. The quantitative estimate of drug-likeness (QED) is 0.755. The number of hydrogen-bond acceptors (Lipinski definition) is 2. The van der Waals surface area contributed by atoms with E-state index in [1.54, 1.807) is 7.11 Å². The van der Waals surface area contributed by atoms with E-state index in [2.05, 4.69) is 12.2 Å². The van der Waals surface area contributed by atoms with Crippen LogP contribution in [0.5, 0.6) is 5.75 Å². The van der Waals surface area contributed by atoms with Crippen LogP contribution in [-0.4, -0.2) is 19.6 Å². The van der Waals surface area contributed by atoms with Crippen molar-refractivity contribution in [3.63, 3.8) is 0 Å². The Balaban J connectivity index is 2.42. The van der Waals surface area contributed by atoms with E-state index in [0.717, 1.165) is 29.8 Å². The molecule has 3 nitrogen and oxygen atoms in total. The molecule has 0 heterocycles. The minimum Gasteiger partial charge on any atom is -0.496 e. The maximum Gasteiger partial charge on any atom is 0.224 e. The van der Waals surface area contributed by atoms with Crippen molar-refractivity contribution in [3.8, 4) is 5.75 Å². The Bertz CT molecular complexity index is 388. The fraction of sp³-hybridized carbons (Fsp3) is 0.533. The smallest absolute Gasteiger partial charge is 0.224 e. The minimum absolute atomic E-state index is 0.0932. The molecule has 0 aromatic heterocycles. The molecule has 1 rings (SSSR count). The Morgan fingerprint density at radius 3 is 2.72 bits per heavy atom. The second kappa shape index (κ2) is 7.75. The summed E-state index contributed by atoms with van der Waals surface area (Å²) in [7, 11) is 1.66. The SMILES string of the molecule is CCCCCNC(=O)Cc1ccc(OC)c(C)c1. The minimum atomic E-state index is 0.0932. The number of benzene rings is 1. The third kappa shape index (κ3) is 4.78. The zero-order chi connectivity index (χ0) is 13.4. The van der Waals surface area contributed by atoms with Crippen molar-refractivity contribution in [1.29, 1.82) is 0 Å². The van der Waals surface area contributed by atoms with Crippen LogP contribution in [0.25, 0.3) is 0 Å². The van der Waals surface area contributed by atoms with Crippen LogP contribution in [0.15, 0.2) is 18.2 Å². The first kappa shape index (κ1) is 14.6.